The molecule has 134 valence electrons. The lowest BCUT2D eigenvalue weighted by molar-refractivity contribution is 0.174. The van der Waals surface area contributed by atoms with Crippen LogP contribution in [0.4, 0.5) is 10.5 Å². The molecule has 1 aliphatic heterocycles. The SMILES string of the molecule is Cc1noc([C@H]2C[C@H](O)CN2C(=O)Nc2cnc(C(C)(C)C)nc2)n1. The van der Waals surface area contributed by atoms with Gasteiger partial charge in [-0.1, -0.05) is 25.9 Å². The first-order chi connectivity index (χ1) is 11.7. The lowest BCUT2D eigenvalue weighted by atomic mass is 9.96. The van der Waals surface area contributed by atoms with Gasteiger partial charge in [0.1, 0.15) is 11.9 Å². The molecule has 2 N–H and O–H groups in total. The molecule has 2 amide bonds. The quantitative estimate of drug-likeness (QED) is 0.851. The Balaban J connectivity index is 1.73. The Hall–Kier alpha value is -2.55. The molecule has 2 aromatic heterocycles. The Bertz CT molecular complexity index is 752. The summed E-state index contributed by atoms with van der Waals surface area (Å²) in [6, 6.07) is -0.824. The molecular weight excluding hydrogens is 324 g/mol. The average Bonchev–Trinajstić information content (AvgIpc) is 3.12. The van der Waals surface area contributed by atoms with E-state index in [-0.39, 0.29) is 18.0 Å². The second-order valence-corrected chi connectivity index (χ2v) is 7.21. The number of aliphatic hydroxyl groups excluding tert-OH is 1. The van der Waals surface area contributed by atoms with Crippen LogP contribution in [0.25, 0.3) is 0 Å². The van der Waals surface area contributed by atoms with Crippen molar-refractivity contribution in [1.82, 2.24) is 25.0 Å². The minimum absolute atomic E-state index is 0.164. The normalized spacial score (nSPS) is 20.8. The number of aliphatic hydroxyl groups is 1. The van der Waals surface area contributed by atoms with Gasteiger partial charge in [-0.05, 0) is 6.92 Å². The number of amides is 2. The zero-order valence-electron chi connectivity index (χ0n) is 14.7. The molecule has 9 nitrogen and oxygen atoms in total. The van der Waals surface area contributed by atoms with E-state index in [9.17, 15) is 9.90 Å². The van der Waals surface area contributed by atoms with Crippen LogP contribution >= 0.6 is 0 Å². The molecular formula is C16H22N6O3. The van der Waals surface area contributed by atoms with Crippen molar-refractivity contribution in [2.24, 2.45) is 0 Å². The summed E-state index contributed by atoms with van der Waals surface area (Å²) in [5.74, 6) is 1.51. The van der Waals surface area contributed by atoms with E-state index in [0.29, 0.717) is 29.6 Å². The van der Waals surface area contributed by atoms with Crippen molar-refractivity contribution >= 4 is 11.7 Å². The number of carbonyl (C=O) groups is 1. The number of rotatable bonds is 2. The molecule has 2 atom stereocenters. The Morgan fingerprint density at radius 3 is 2.60 bits per heavy atom. The number of nitrogens with one attached hydrogen (secondary N) is 1. The standard InChI is InChI=1S/C16H22N6O3/c1-9-19-13(25-21-9)12-5-11(23)8-22(12)15(24)20-10-6-17-14(18-7-10)16(2,3)4/h6-7,11-12,23H,5,8H2,1-4H3,(H,20,24)/t11-,12+/m0/s1. The summed E-state index contributed by atoms with van der Waals surface area (Å²) in [4.78, 5) is 26.8. The third kappa shape index (κ3) is 3.76. The maximum absolute atomic E-state index is 12.6. The second-order valence-electron chi connectivity index (χ2n) is 7.21. The van der Waals surface area contributed by atoms with Crippen LogP contribution in [-0.2, 0) is 5.41 Å². The molecule has 1 aliphatic rings. The molecule has 9 heteroatoms. The van der Waals surface area contributed by atoms with E-state index in [1.807, 2.05) is 20.8 Å². The summed E-state index contributed by atoms with van der Waals surface area (Å²) in [6.07, 6.45) is 2.87. The Labute approximate surface area is 145 Å². The van der Waals surface area contributed by atoms with Crippen molar-refractivity contribution in [2.75, 3.05) is 11.9 Å². The molecule has 3 heterocycles. The van der Waals surface area contributed by atoms with E-state index in [2.05, 4.69) is 25.4 Å². The fourth-order valence-corrected chi connectivity index (χ4v) is 2.70. The highest BCUT2D eigenvalue weighted by molar-refractivity contribution is 5.89. The zero-order valence-corrected chi connectivity index (χ0v) is 14.7. The van der Waals surface area contributed by atoms with Crippen molar-refractivity contribution < 1.29 is 14.4 Å². The summed E-state index contributed by atoms with van der Waals surface area (Å²) >= 11 is 0. The van der Waals surface area contributed by atoms with E-state index in [1.165, 1.54) is 4.90 Å². The van der Waals surface area contributed by atoms with Gasteiger partial charge in [0.2, 0.25) is 5.89 Å². The predicted molar refractivity (Wildman–Crippen MR) is 88.9 cm³/mol. The molecule has 3 rings (SSSR count). The van der Waals surface area contributed by atoms with Crippen molar-refractivity contribution in [3.05, 3.63) is 29.9 Å². The van der Waals surface area contributed by atoms with Gasteiger partial charge in [-0.15, -0.1) is 0 Å². The first-order valence-electron chi connectivity index (χ1n) is 8.12. The van der Waals surface area contributed by atoms with Gasteiger partial charge < -0.3 is 19.8 Å². The third-order valence-electron chi connectivity index (χ3n) is 3.94. The van der Waals surface area contributed by atoms with Crippen LogP contribution in [0, 0.1) is 6.92 Å². The molecule has 0 aliphatic carbocycles. The third-order valence-corrected chi connectivity index (χ3v) is 3.94. The summed E-state index contributed by atoms with van der Waals surface area (Å²) in [5, 5.41) is 16.4. The van der Waals surface area contributed by atoms with E-state index >= 15 is 0 Å². The van der Waals surface area contributed by atoms with Crippen LogP contribution in [0.2, 0.25) is 0 Å². The van der Waals surface area contributed by atoms with Gasteiger partial charge in [-0.2, -0.15) is 4.98 Å². The topological polar surface area (TPSA) is 117 Å². The fraction of sp³-hybridized carbons (Fsp3) is 0.562. The number of hydrogen-bond donors (Lipinski definition) is 2. The number of aromatic nitrogens is 4. The van der Waals surface area contributed by atoms with Crippen molar-refractivity contribution in [1.29, 1.82) is 0 Å². The van der Waals surface area contributed by atoms with Crippen LogP contribution in [0.15, 0.2) is 16.9 Å². The molecule has 0 bridgehead atoms. The highest BCUT2D eigenvalue weighted by atomic mass is 16.5. The minimum Gasteiger partial charge on any atom is -0.391 e. The number of aryl methyl sites for hydroxylation is 1. The van der Waals surface area contributed by atoms with Gasteiger partial charge in [0.25, 0.3) is 0 Å². The van der Waals surface area contributed by atoms with Gasteiger partial charge in [-0.25, -0.2) is 14.8 Å². The molecule has 2 aromatic rings. The van der Waals surface area contributed by atoms with Crippen LogP contribution < -0.4 is 5.32 Å². The van der Waals surface area contributed by atoms with E-state index in [0.717, 1.165) is 0 Å². The molecule has 1 saturated heterocycles. The Morgan fingerprint density at radius 1 is 1.36 bits per heavy atom. The number of β-amino-alcohol motifs (C(OH)–C–C–N with tert-alkyl or cyclic N) is 1. The first-order valence-corrected chi connectivity index (χ1v) is 8.12. The van der Waals surface area contributed by atoms with Crippen molar-refractivity contribution in [3.8, 4) is 0 Å². The zero-order chi connectivity index (χ0) is 18.2. The van der Waals surface area contributed by atoms with E-state index < -0.39 is 12.1 Å². The molecule has 0 saturated carbocycles. The molecule has 25 heavy (non-hydrogen) atoms. The number of carbonyl (C=O) groups excluding carboxylic acids is 1. The van der Waals surface area contributed by atoms with Crippen LogP contribution in [0.5, 0.6) is 0 Å². The number of nitrogens with zero attached hydrogens (tertiary/aromatic N) is 5. The number of likely N-dealkylation sites (tertiary alicyclic amines) is 1. The largest absolute Gasteiger partial charge is 0.391 e. The summed E-state index contributed by atoms with van der Waals surface area (Å²) in [6.45, 7) is 7.95. The number of urea groups is 1. The summed E-state index contributed by atoms with van der Waals surface area (Å²) in [5.41, 5.74) is 0.322. The lowest BCUT2D eigenvalue weighted by Crippen LogP contribution is -2.35. The summed E-state index contributed by atoms with van der Waals surface area (Å²) < 4.78 is 5.16. The Morgan fingerprint density at radius 2 is 2.04 bits per heavy atom. The van der Waals surface area contributed by atoms with Gasteiger partial charge >= 0.3 is 6.03 Å². The molecule has 0 aromatic carbocycles. The molecule has 0 spiro atoms. The van der Waals surface area contributed by atoms with Gasteiger partial charge in [0, 0.05) is 18.4 Å². The van der Waals surface area contributed by atoms with Crippen molar-refractivity contribution in [3.63, 3.8) is 0 Å². The number of anilines is 1. The minimum atomic E-state index is -0.637. The average molecular weight is 346 g/mol. The highest BCUT2D eigenvalue weighted by Crippen LogP contribution is 2.31. The lowest BCUT2D eigenvalue weighted by Gasteiger charge is -2.22. The molecule has 0 unspecified atom stereocenters. The van der Waals surface area contributed by atoms with Crippen LogP contribution in [-0.4, -0.2) is 48.8 Å². The predicted octanol–water partition coefficient (Wildman–Crippen LogP) is 1.81. The number of hydrogen-bond acceptors (Lipinski definition) is 7. The van der Waals surface area contributed by atoms with Crippen LogP contribution in [0.1, 0.15) is 50.8 Å². The smallest absolute Gasteiger partial charge is 0.322 e. The first kappa shape index (κ1) is 17.3. The summed E-state index contributed by atoms with van der Waals surface area (Å²) in [7, 11) is 0. The molecule has 0 radical (unpaired) electrons. The monoisotopic (exact) mass is 346 g/mol. The maximum Gasteiger partial charge on any atom is 0.322 e. The van der Waals surface area contributed by atoms with E-state index in [4.69, 9.17) is 4.52 Å². The van der Waals surface area contributed by atoms with E-state index in [1.54, 1.807) is 19.3 Å². The Kier molecular flexibility index (Phi) is 4.42. The fourth-order valence-electron chi connectivity index (χ4n) is 2.70. The maximum atomic E-state index is 12.6. The van der Waals surface area contributed by atoms with Crippen LogP contribution in [0.3, 0.4) is 0 Å². The van der Waals surface area contributed by atoms with Gasteiger partial charge in [-0.3, -0.25) is 0 Å². The second kappa shape index (κ2) is 6.40. The van der Waals surface area contributed by atoms with Crippen molar-refractivity contribution in [2.45, 2.75) is 51.7 Å². The highest BCUT2D eigenvalue weighted by Gasteiger charge is 2.38. The van der Waals surface area contributed by atoms with Gasteiger partial charge in [0.15, 0.2) is 5.82 Å². The molecule has 1 fully saturated rings. The van der Waals surface area contributed by atoms with Gasteiger partial charge in [0.05, 0.1) is 24.2 Å².